The van der Waals surface area contributed by atoms with Crippen LogP contribution in [0.4, 0.5) is 14.6 Å². The number of piperidine rings is 2. The third kappa shape index (κ3) is 3.45. The third-order valence-electron chi connectivity index (χ3n) is 11.7. The average molecular weight is 613 g/mol. The number of benzene rings is 2. The minimum absolute atomic E-state index is 0.0250. The van der Waals surface area contributed by atoms with Crippen LogP contribution < -0.4 is 19.7 Å². The number of hydrogen-bond donors (Lipinski definition) is 2. The standard InChI is InChI=1S/C34H34F2N6O3/c1-2-17-5-3-6-18-9-21(43)11-22(24(17)18)27-26(36)28-25-30(40-32(39-28)45-15-33-7-4-8-41(33)13-19(35)12-33)42-14-20-10-23-29(37-20)34(23,42)16-44-31(25)38-27/h3,5-6,9,11,19-20,23,29,37,43H,2,4,7-8,10,12-16H2,1H3/t19-,20?,23?,29+,33-,34-/m1/s1. The molecule has 0 radical (unpaired) electrons. The lowest BCUT2D eigenvalue weighted by Crippen LogP contribution is -2.60. The second-order valence-corrected chi connectivity index (χ2v) is 13.9. The van der Waals surface area contributed by atoms with Crippen LogP contribution in [0.2, 0.25) is 0 Å². The summed E-state index contributed by atoms with van der Waals surface area (Å²) in [5, 5.41) is 16.5. The molecule has 6 aliphatic heterocycles. The Labute approximate surface area is 258 Å². The molecular weight excluding hydrogens is 578 g/mol. The van der Waals surface area contributed by atoms with Crippen LogP contribution in [0.1, 0.15) is 38.2 Å². The summed E-state index contributed by atoms with van der Waals surface area (Å²) in [5.74, 6) is 0.702. The topological polar surface area (TPSA) is 95.9 Å². The number of anilines is 1. The summed E-state index contributed by atoms with van der Waals surface area (Å²) in [6, 6.07) is 9.81. The van der Waals surface area contributed by atoms with Crippen molar-refractivity contribution in [2.75, 3.05) is 37.7 Å². The van der Waals surface area contributed by atoms with Crippen molar-refractivity contribution in [1.82, 2.24) is 25.2 Å². The van der Waals surface area contributed by atoms with Gasteiger partial charge in [0.05, 0.1) is 11.1 Å². The summed E-state index contributed by atoms with van der Waals surface area (Å²) in [5.41, 5.74) is 0.979. The molecule has 8 heterocycles. The van der Waals surface area contributed by atoms with Crippen molar-refractivity contribution in [1.29, 1.82) is 0 Å². The molecular formula is C34H34F2N6O3. The number of aryl methyl sites for hydroxylation is 1. The van der Waals surface area contributed by atoms with Crippen molar-refractivity contribution >= 4 is 27.5 Å². The highest BCUT2D eigenvalue weighted by molar-refractivity contribution is 6.03. The van der Waals surface area contributed by atoms with Gasteiger partial charge >= 0.3 is 6.01 Å². The predicted molar refractivity (Wildman–Crippen MR) is 164 cm³/mol. The molecule has 6 fully saturated rings. The molecule has 232 valence electrons. The van der Waals surface area contributed by atoms with Crippen LogP contribution in [-0.2, 0) is 6.42 Å². The van der Waals surface area contributed by atoms with E-state index in [2.05, 4.69) is 22.0 Å². The number of phenolic OH excluding ortho intramolecular Hbond substituents is 1. The van der Waals surface area contributed by atoms with Gasteiger partial charge in [0.25, 0.3) is 0 Å². The monoisotopic (exact) mass is 612 g/mol. The molecule has 5 saturated heterocycles. The van der Waals surface area contributed by atoms with Crippen molar-refractivity contribution in [2.45, 2.75) is 68.4 Å². The van der Waals surface area contributed by atoms with Gasteiger partial charge in [-0.3, -0.25) is 4.90 Å². The fraction of sp³-hybridized carbons (Fsp3) is 0.500. The summed E-state index contributed by atoms with van der Waals surface area (Å²) in [7, 11) is 0. The van der Waals surface area contributed by atoms with E-state index >= 15 is 4.39 Å². The van der Waals surface area contributed by atoms with Gasteiger partial charge in [0.15, 0.2) is 5.82 Å². The van der Waals surface area contributed by atoms with Gasteiger partial charge in [0.2, 0.25) is 5.88 Å². The molecule has 1 spiro atoms. The highest BCUT2D eigenvalue weighted by Gasteiger charge is 2.76. The second kappa shape index (κ2) is 8.91. The Morgan fingerprint density at radius 3 is 2.93 bits per heavy atom. The van der Waals surface area contributed by atoms with Crippen molar-refractivity contribution in [3.8, 4) is 28.9 Å². The zero-order valence-corrected chi connectivity index (χ0v) is 25.0. The maximum absolute atomic E-state index is 17.1. The van der Waals surface area contributed by atoms with E-state index < -0.39 is 17.5 Å². The molecule has 2 aromatic carbocycles. The Kier molecular flexibility index (Phi) is 5.23. The van der Waals surface area contributed by atoms with Crippen LogP contribution in [0, 0.1) is 11.7 Å². The van der Waals surface area contributed by atoms with E-state index in [4.69, 9.17) is 24.4 Å². The SMILES string of the molecule is CCc1cccc2cc(O)cc(-c3nc4c5c(nc(OC[C@]67CCCN6C[C@H](F)C7)nc5c3F)N3CC5CC6[C@H](N5)[C@@]63CO4)c12. The minimum atomic E-state index is -0.883. The molecule has 11 rings (SSSR count). The Hall–Kier alpha value is -3.83. The van der Waals surface area contributed by atoms with Gasteiger partial charge in [-0.2, -0.15) is 9.97 Å². The van der Waals surface area contributed by atoms with E-state index in [1.807, 2.05) is 18.2 Å². The number of nitrogens with zero attached hydrogens (tertiary/aromatic N) is 5. The maximum atomic E-state index is 17.1. The van der Waals surface area contributed by atoms with Crippen molar-refractivity contribution in [3.05, 3.63) is 41.7 Å². The van der Waals surface area contributed by atoms with E-state index in [0.717, 1.165) is 55.1 Å². The van der Waals surface area contributed by atoms with Gasteiger partial charge in [-0.15, -0.1) is 0 Å². The summed E-state index contributed by atoms with van der Waals surface area (Å²) in [6.45, 7) is 4.70. The number of ether oxygens (including phenoxy) is 2. The largest absolute Gasteiger partial charge is 0.508 e. The predicted octanol–water partition coefficient (Wildman–Crippen LogP) is 4.52. The van der Waals surface area contributed by atoms with Crippen LogP contribution in [0.5, 0.6) is 17.6 Å². The van der Waals surface area contributed by atoms with Crippen LogP contribution in [0.15, 0.2) is 30.3 Å². The first-order valence-corrected chi connectivity index (χ1v) is 16.2. The van der Waals surface area contributed by atoms with E-state index in [0.29, 0.717) is 48.3 Å². The second-order valence-electron chi connectivity index (χ2n) is 13.9. The summed E-state index contributed by atoms with van der Waals surface area (Å²) in [6.07, 6.45) is 3.18. The molecule has 11 heteroatoms. The van der Waals surface area contributed by atoms with E-state index in [-0.39, 0.29) is 47.0 Å². The van der Waals surface area contributed by atoms with Gasteiger partial charge in [-0.1, -0.05) is 25.1 Å². The number of piperazine rings is 1. The maximum Gasteiger partial charge on any atom is 0.319 e. The molecule has 2 aromatic heterocycles. The number of halogens is 2. The molecule has 9 nitrogen and oxygen atoms in total. The van der Waals surface area contributed by atoms with Gasteiger partial charge in [0, 0.05) is 43.1 Å². The Morgan fingerprint density at radius 1 is 1.18 bits per heavy atom. The zero-order chi connectivity index (χ0) is 30.2. The number of fused-ring (bicyclic) bond motifs is 2. The number of alkyl halides is 1. The lowest BCUT2D eigenvalue weighted by atomic mass is 9.94. The molecule has 0 amide bonds. The molecule has 45 heavy (non-hydrogen) atoms. The Balaban J connectivity index is 1.17. The number of phenols is 1. The van der Waals surface area contributed by atoms with Gasteiger partial charge in [-0.25, -0.2) is 13.8 Å². The zero-order valence-electron chi connectivity index (χ0n) is 25.0. The highest BCUT2D eigenvalue weighted by atomic mass is 19.1. The summed E-state index contributed by atoms with van der Waals surface area (Å²) in [4.78, 5) is 19.0. The summed E-state index contributed by atoms with van der Waals surface area (Å²) >= 11 is 0. The molecule has 2 N–H and O–H groups in total. The number of aromatic nitrogens is 3. The van der Waals surface area contributed by atoms with Gasteiger partial charge < -0.3 is 24.8 Å². The lowest BCUT2D eigenvalue weighted by molar-refractivity contribution is 0.107. The highest BCUT2D eigenvalue weighted by Crippen LogP contribution is 2.62. The smallest absolute Gasteiger partial charge is 0.319 e. The number of rotatable bonds is 5. The fourth-order valence-corrected chi connectivity index (χ4v) is 9.63. The summed E-state index contributed by atoms with van der Waals surface area (Å²) < 4.78 is 44.5. The normalized spacial score (nSPS) is 32.5. The number of aromatic hydroxyl groups is 1. The van der Waals surface area contributed by atoms with Crippen molar-refractivity contribution in [3.63, 3.8) is 0 Å². The van der Waals surface area contributed by atoms with Crippen LogP contribution in [0.25, 0.3) is 32.9 Å². The van der Waals surface area contributed by atoms with E-state index in [1.165, 1.54) is 0 Å². The van der Waals surface area contributed by atoms with E-state index in [9.17, 15) is 9.50 Å². The molecule has 6 atom stereocenters. The first kappa shape index (κ1) is 26.4. The third-order valence-corrected chi connectivity index (χ3v) is 11.7. The lowest BCUT2D eigenvalue weighted by Gasteiger charge is -2.42. The Bertz CT molecular complexity index is 1930. The molecule has 1 saturated carbocycles. The molecule has 4 bridgehead atoms. The number of pyridine rings is 1. The van der Waals surface area contributed by atoms with Gasteiger partial charge in [0.1, 0.15) is 47.5 Å². The average Bonchev–Trinajstić information content (AvgIpc) is 3.27. The fourth-order valence-electron chi connectivity index (χ4n) is 9.63. The molecule has 2 unspecified atom stereocenters. The quantitative estimate of drug-likeness (QED) is 0.337. The van der Waals surface area contributed by atoms with Crippen molar-refractivity contribution in [2.24, 2.45) is 5.92 Å². The molecule has 1 aliphatic carbocycles. The van der Waals surface area contributed by atoms with Crippen LogP contribution >= 0.6 is 0 Å². The Morgan fingerprint density at radius 2 is 2.09 bits per heavy atom. The van der Waals surface area contributed by atoms with Crippen molar-refractivity contribution < 1.29 is 23.4 Å². The number of hydrogen-bond acceptors (Lipinski definition) is 9. The van der Waals surface area contributed by atoms with Crippen LogP contribution in [0.3, 0.4) is 0 Å². The number of nitrogens with one attached hydrogen (secondary N) is 1. The molecule has 4 aromatic rings. The van der Waals surface area contributed by atoms with E-state index in [1.54, 1.807) is 12.1 Å². The minimum Gasteiger partial charge on any atom is -0.508 e. The molecule has 7 aliphatic rings. The first-order chi connectivity index (χ1) is 21.9. The van der Waals surface area contributed by atoms with Gasteiger partial charge in [-0.05, 0) is 60.7 Å². The first-order valence-electron chi connectivity index (χ1n) is 16.2. The van der Waals surface area contributed by atoms with Crippen LogP contribution in [-0.4, -0.2) is 87.1 Å².